The number of hydrogen-bond acceptors (Lipinski definition) is 4. The van der Waals surface area contributed by atoms with Crippen LogP contribution in [-0.4, -0.2) is 36.4 Å². The van der Waals surface area contributed by atoms with E-state index >= 15 is 0 Å². The van der Waals surface area contributed by atoms with E-state index in [0.717, 1.165) is 10.9 Å². The molecule has 0 radical (unpaired) electrons. The Kier molecular flexibility index (Phi) is 4.73. The zero-order valence-corrected chi connectivity index (χ0v) is 19.6. The van der Waals surface area contributed by atoms with Gasteiger partial charge in [-0.3, -0.25) is 24.2 Å². The van der Waals surface area contributed by atoms with Gasteiger partial charge in [0.15, 0.2) is 0 Å². The van der Waals surface area contributed by atoms with Gasteiger partial charge in [-0.05, 0) is 66.5 Å². The summed E-state index contributed by atoms with van der Waals surface area (Å²) in [7, 11) is 1.56. The largest absolute Gasteiger partial charge is 0.497 e. The van der Waals surface area contributed by atoms with Crippen molar-refractivity contribution in [2.75, 3.05) is 18.7 Å². The molecule has 3 amide bonds. The summed E-state index contributed by atoms with van der Waals surface area (Å²) in [6, 6.07) is 14.2. The molecule has 2 aromatic rings. The molecular formula is C26H23BrN2O4. The predicted octanol–water partition coefficient (Wildman–Crippen LogP) is 4.12. The highest BCUT2D eigenvalue weighted by atomic mass is 79.9. The van der Waals surface area contributed by atoms with Crippen molar-refractivity contribution in [3.05, 3.63) is 70.7 Å². The van der Waals surface area contributed by atoms with Crippen molar-refractivity contribution < 1.29 is 19.1 Å². The van der Waals surface area contributed by atoms with E-state index in [1.54, 1.807) is 55.6 Å². The van der Waals surface area contributed by atoms with Crippen LogP contribution in [0.15, 0.2) is 65.2 Å². The molecule has 2 bridgehead atoms. The van der Waals surface area contributed by atoms with E-state index in [0.29, 0.717) is 28.8 Å². The summed E-state index contributed by atoms with van der Waals surface area (Å²) in [4.78, 5) is 43.4. The molecule has 6 atom stereocenters. The van der Waals surface area contributed by atoms with Crippen LogP contribution in [0.4, 0.5) is 5.69 Å². The Hall–Kier alpha value is -2.93. The van der Waals surface area contributed by atoms with E-state index in [-0.39, 0.29) is 48.1 Å². The van der Waals surface area contributed by atoms with Crippen molar-refractivity contribution >= 4 is 39.3 Å². The summed E-state index contributed by atoms with van der Waals surface area (Å²) in [5.74, 6) is 0.826. The minimum absolute atomic E-state index is 0.110. The smallest absolute Gasteiger partial charge is 0.259 e. The van der Waals surface area contributed by atoms with Crippen LogP contribution < -0.4 is 9.64 Å². The molecule has 0 N–H and O–H groups in total. The van der Waals surface area contributed by atoms with E-state index in [2.05, 4.69) is 28.1 Å². The van der Waals surface area contributed by atoms with E-state index in [9.17, 15) is 14.4 Å². The summed E-state index contributed by atoms with van der Waals surface area (Å²) < 4.78 is 6.21. The number of nitrogens with zero attached hydrogens (tertiary/aromatic N) is 2. The van der Waals surface area contributed by atoms with Gasteiger partial charge in [-0.2, -0.15) is 0 Å². The minimum Gasteiger partial charge on any atom is -0.497 e. The molecule has 1 saturated heterocycles. The first-order valence-electron chi connectivity index (χ1n) is 11.2. The summed E-state index contributed by atoms with van der Waals surface area (Å²) in [6.07, 6.45) is 5.43. The molecule has 1 heterocycles. The van der Waals surface area contributed by atoms with Gasteiger partial charge in [-0.1, -0.05) is 34.1 Å². The van der Waals surface area contributed by atoms with Crippen molar-refractivity contribution in [1.82, 2.24) is 4.90 Å². The lowest BCUT2D eigenvalue weighted by molar-refractivity contribution is -0.140. The highest BCUT2D eigenvalue weighted by Gasteiger charge is 2.67. The first kappa shape index (κ1) is 20.7. The van der Waals surface area contributed by atoms with Gasteiger partial charge in [0.25, 0.3) is 5.91 Å². The van der Waals surface area contributed by atoms with Crippen LogP contribution in [0.5, 0.6) is 5.75 Å². The van der Waals surface area contributed by atoms with Crippen LogP contribution in [0, 0.1) is 35.5 Å². The van der Waals surface area contributed by atoms with Crippen LogP contribution in [0.1, 0.15) is 16.8 Å². The number of benzene rings is 2. The van der Waals surface area contributed by atoms with Gasteiger partial charge in [0.2, 0.25) is 11.8 Å². The highest BCUT2D eigenvalue weighted by molar-refractivity contribution is 9.10. The number of allylic oxidation sites excluding steroid dienone is 2. The molecule has 6 unspecified atom stereocenters. The number of anilines is 1. The van der Waals surface area contributed by atoms with Crippen molar-refractivity contribution in [3.63, 3.8) is 0 Å². The monoisotopic (exact) mass is 506 g/mol. The van der Waals surface area contributed by atoms with Crippen LogP contribution in [0.3, 0.4) is 0 Å². The fraction of sp³-hybridized carbons (Fsp3) is 0.346. The molecule has 33 heavy (non-hydrogen) atoms. The van der Waals surface area contributed by atoms with Gasteiger partial charge in [0.05, 0.1) is 18.9 Å². The number of halogens is 1. The molecule has 6 nitrogen and oxygen atoms in total. The fourth-order valence-electron chi connectivity index (χ4n) is 6.09. The normalized spacial score (nSPS) is 30.8. The standard InChI is InChI=1S/C26H23BrN2O4/c1-33-17-4-2-3-16(11-17)28(24(30)14-5-7-15(27)8-6-14)13-29-25(31)22-18-9-10-19(21-12-20(18)21)23(22)26(29)32/h2-11,18-23H,12-13H2,1H3. The lowest BCUT2D eigenvalue weighted by Crippen LogP contribution is -2.45. The van der Waals surface area contributed by atoms with Gasteiger partial charge in [-0.15, -0.1) is 0 Å². The molecule has 5 aliphatic rings. The van der Waals surface area contributed by atoms with Crippen LogP contribution in [0.25, 0.3) is 0 Å². The molecule has 3 fully saturated rings. The summed E-state index contributed by atoms with van der Waals surface area (Å²) in [5, 5.41) is 0. The Bertz CT molecular complexity index is 1160. The third-order valence-corrected chi connectivity index (χ3v) is 8.27. The van der Waals surface area contributed by atoms with Gasteiger partial charge in [-0.25, -0.2) is 0 Å². The number of ether oxygens (including phenoxy) is 1. The first-order chi connectivity index (χ1) is 16.0. The maximum absolute atomic E-state index is 13.6. The number of methoxy groups -OCH3 is 1. The summed E-state index contributed by atoms with van der Waals surface area (Å²) in [5.41, 5.74) is 1.04. The minimum atomic E-state index is -0.286. The van der Waals surface area contributed by atoms with Crippen molar-refractivity contribution in [2.24, 2.45) is 35.5 Å². The number of hydrogen-bond donors (Lipinski definition) is 0. The Morgan fingerprint density at radius 3 is 2.27 bits per heavy atom. The van der Waals surface area contributed by atoms with Gasteiger partial charge >= 0.3 is 0 Å². The molecule has 0 aromatic heterocycles. The van der Waals surface area contributed by atoms with Gasteiger partial charge in [0.1, 0.15) is 12.4 Å². The predicted molar refractivity (Wildman–Crippen MR) is 125 cm³/mol. The second-order valence-electron chi connectivity index (χ2n) is 9.34. The Morgan fingerprint density at radius 1 is 1.03 bits per heavy atom. The van der Waals surface area contributed by atoms with E-state index in [4.69, 9.17) is 4.74 Å². The second kappa shape index (κ2) is 7.55. The third kappa shape index (κ3) is 3.16. The quantitative estimate of drug-likeness (QED) is 0.452. The van der Waals surface area contributed by atoms with Crippen molar-refractivity contribution in [1.29, 1.82) is 0 Å². The Morgan fingerprint density at radius 2 is 1.67 bits per heavy atom. The maximum Gasteiger partial charge on any atom is 0.259 e. The van der Waals surface area contributed by atoms with Crippen molar-refractivity contribution in [2.45, 2.75) is 6.42 Å². The zero-order valence-electron chi connectivity index (χ0n) is 18.1. The Labute approximate surface area is 200 Å². The first-order valence-corrected chi connectivity index (χ1v) is 12.0. The maximum atomic E-state index is 13.6. The van der Waals surface area contributed by atoms with Gasteiger partial charge in [0, 0.05) is 21.8 Å². The molecule has 0 spiro atoms. The van der Waals surface area contributed by atoms with E-state index < -0.39 is 0 Å². The fourth-order valence-corrected chi connectivity index (χ4v) is 6.35. The van der Waals surface area contributed by atoms with Gasteiger partial charge < -0.3 is 4.74 Å². The average Bonchev–Trinajstić information content (AvgIpc) is 3.62. The number of amides is 3. The topological polar surface area (TPSA) is 66.9 Å². The summed E-state index contributed by atoms with van der Waals surface area (Å²) >= 11 is 3.40. The third-order valence-electron chi connectivity index (χ3n) is 7.74. The molecule has 1 aliphatic heterocycles. The highest BCUT2D eigenvalue weighted by Crippen LogP contribution is 2.65. The van der Waals surface area contributed by atoms with E-state index in [1.165, 1.54) is 9.80 Å². The number of imide groups is 1. The number of carbonyl (C=O) groups excluding carboxylic acids is 3. The number of carbonyl (C=O) groups is 3. The van der Waals surface area contributed by atoms with Crippen molar-refractivity contribution in [3.8, 4) is 5.75 Å². The summed E-state index contributed by atoms with van der Waals surface area (Å²) in [6.45, 7) is -0.110. The molecule has 7 heteroatoms. The molecule has 4 aliphatic carbocycles. The molecule has 7 rings (SSSR count). The van der Waals surface area contributed by atoms with Crippen LogP contribution in [0.2, 0.25) is 0 Å². The average molecular weight is 507 g/mol. The number of rotatable bonds is 5. The molecular weight excluding hydrogens is 484 g/mol. The lowest BCUT2D eigenvalue weighted by atomic mass is 9.63. The van der Waals surface area contributed by atoms with Crippen LogP contribution in [-0.2, 0) is 9.59 Å². The Balaban J connectivity index is 1.35. The SMILES string of the molecule is COc1cccc(N(CN2C(=O)C3C4C=CC(C5CC45)C3C2=O)C(=O)c2ccc(Br)cc2)c1. The molecule has 2 aromatic carbocycles. The molecule has 2 saturated carbocycles. The zero-order chi connectivity index (χ0) is 22.9. The number of likely N-dealkylation sites (tertiary alicyclic amines) is 1. The lowest BCUT2D eigenvalue weighted by Gasteiger charge is -2.37. The molecule has 168 valence electrons. The van der Waals surface area contributed by atoms with Crippen LogP contribution >= 0.6 is 15.9 Å². The van der Waals surface area contributed by atoms with E-state index in [1.807, 2.05) is 0 Å². The second-order valence-corrected chi connectivity index (χ2v) is 10.3.